The molecule has 1 aromatic rings. The quantitative estimate of drug-likeness (QED) is 0.927. The van der Waals surface area contributed by atoms with E-state index < -0.39 is 0 Å². The first-order valence-corrected chi connectivity index (χ1v) is 8.96. The molecule has 1 saturated heterocycles. The van der Waals surface area contributed by atoms with Crippen molar-refractivity contribution < 1.29 is 9.59 Å². The number of nitrogens with one attached hydrogen (secondary N) is 1. The molecule has 130 valence electrons. The van der Waals surface area contributed by atoms with Gasteiger partial charge in [-0.3, -0.25) is 14.6 Å². The molecular formula is C19H27N3O2. The Bertz CT molecular complexity index is 606. The van der Waals surface area contributed by atoms with E-state index in [4.69, 9.17) is 0 Å². The number of rotatable bonds is 3. The average molecular weight is 329 g/mol. The van der Waals surface area contributed by atoms with Gasteiger partial charge in [0.15, 0.2) is 0 Å². The Kier molecular flexibility index (Phi) is 4.88. The highest BCUT2D eigenvalue weighted by Gasteiger charge is 2.48. The third kappa shape index (κ3) is 3.45. The molecule has 1 spiro atoms. The maximum atomic E-state index is 12.9. The summed E-state index contributed by atoms with van der Waals surface area (Å²) in [5, 5.41) is 2.98. The molecule has 1 atom stereocenters. The standard InChI is InChI=1S/C19H27N3O2/c1-14-6-7-16(10-20-14)18(24)22-12-17(11-21-15(2)23)19(13-22)8-4-3-5-9-19/h6-7,10,17H,3-5,8-9,11-13H2,1-2H3,(H,21,23). The molecule has 2 heterocycles. The number of nitrogens with zero attached hydrogens (tertiary/aromatic N) is 2. The van der Waals surface area contributed by atoms with Crippen LogP contribution >= 0.6 is 0 Å². The Labute approximate surface area is 143 Å². The van der Waals surface area contributed by atoms with Crippen LogP contribution in [0.4, 0.5) is 0 Å². The molecule has 0 aromatic carbocycles. The van der Waals surface area contributed by atoms with E-state index in [1.807, 2.05) is 24.0 Å². The van der Waals surface area contributed by atoms with Crippen LogP contribution in [0.2, 0.25) is 0 Å². The van der Waals surface area contributed by atoms with Gasteiger partial charge in [0.1, 0.15) is 0 Å². The summed E-state index contributed by atoms with van der Waals surface area (Å²) in [6.07, 6.45) is 7.73. The van der Waals surface area contributed by atoms with Crippen molar-refractivity contribution in [2.24, 2.45) is 11.3 Å². The van der Waals surface area contributed by atoms with Gasteiger partial charge in [0.25, 0.3) is 5.91 Å². The van der Waals surface area contributed by atoms with E-state index in [1.54, 1.807) is 13.1 Å². The van der Waals surface area contributed by atoms with Crippen molar-refractivity contribution in [1.82, 2.24) is 15.2 Å². The van der Waals surface area contributed by atoms with Crippen LogP contribution in [0.3, 0.4) is 0 Å². The highest BCUT2D eigenvalue weighted by atomic mass is 16.2. The molecule has 1 N–H and O–H groups in total. The zero-order chi connectivity index (χ0) is 17.2. The summed E-state index contributed by atoms with van der Waals surface area (Å²) in [6, 6.07) is 3.74. The monoisotopic (exact) mass is 329 g/mol. The van der Waals surface area contributed by atoms with Gasteiger partial charge in [-0.15, -0.1) is 0 Å². The van der Waals surface area contributed by atoms with Crippen molar-refractivity contribution >= 4 is 11.8 Å². The van der Waals surface area contributed by atoms with E-state index in [0.29, 0.717) is 18.0 Å². The van der Waals surface area contributed by atoms with Gasteiger partial charge in [-0.05, 0) is 37.3 Å². The topological polar surface area (TPSA) is 62.3 Å². The highest BCUT2D eigenvalue weighted by Crippen LogP contribution is 2.47. The Hall–Kier alpha value is -1.91. The summed E-state index contributed by atoms with van der Waals surface area (Å²) in [7, 11) is 0. The van der Waals surface area contributed by atoms with E-state index >= 15 is 0 Å². The summed E-state index contributed by atoms with van der Waals surface area (Å²) in [5.41, 5.74) is 1.75. The van der Waals surface area contributed by atoms with Gasteiger partial charge < -0.3 is 10.2 Å². The summed E-state index contributed by atoms with van der Waals surface area (Å²) < 4.78 is 0. The fraction of sp³-hybridized carbons (Fsp3) is 0.632. The molecule has 1 saturated carbocycles. The molecule has 0 radical (unpaired) electrons. The minimum atomic E-state index is 0.00784. The molecule has 1 aliphatic heterocycles. The Morgan fingerprint density at radius 3 is 2.67 bits per heavy atom. The smallest absolute Gasteiger partial charge is 0.255 e. The molecule has 1 aromatic heterocycles. The lowest BCUT2D eigenvalue weighted by molar-refractivity contribution is -0.119. The maximum Gasteiger partial charge on any atom is 0.255 e. The largest absolute Gasteiger partial charge is 0.356 e. The highest BCUT2D eigenvalue weighted by molar-refractivity contribution is 5.94. The molecule has 5 heteroatoms. The lowest BCUT2D eigenvalue weighted by Gasteiger charge is -2.38. The van der Waals surface area contributed by atoms with Gasteiger partial charge >= 0.3 is 0 Å². The second-order valence-electron chi connectivity index (χ2n) is 7.43. The molecule has 1 aliphatic carbocycles. The van der Waals surface area contributed by atoms with Gasteiger partial charge in [-0.1, -0.05) is 19.3 Å². The number of hydrogen-bond acceptors (Lipinski definition) is 3. The summed E-state index contributed by atoms with van der Waals surface area (Å²) in [5.74, 6) is 0.426. The Balaban J connectivity index is 1.76. The number of hydrogen-bond donors (Lipinski definition) is 1. The third-order valence-corrected chi connectivity index (χ3v) is 5.70. The fourth-order valence-corrected chi connectivity index (χ4v) is 4.34. The predicted molar refractivity (Wildman–Crippen MR) is 92.6 cm³/mol. The first kappa shape index (κ1) is 16.9. The Morgan fingerprint density at radius 2 is 2.04 bits per heavy atom. The summed E-state index contributed by atoms with van der Waals surface area (Å²) in [4.78, 5) is 30.4. The number of pyridine rings is 1. The van der Waals surface area contributed by atoms with Crippen LogP contribution in [0, 0.1) is 18.3 Å². The molecular weight excluding hydrogens is 302 g/mol. The summed E-state index contributed by atoms with van der Waals surface area (Å²) in [6.45, 7) is 5.69. The molecule has 5 nitrogen and oxygen atoms in total. The normalized spacial score (nSPS) is 22.6. The van der Waals surface area contributed by atoms with E-state index in [1.165, 1.54) is 19.3 Å². The predicted octanol–water partition coefficient (Wildman–Crippen LogP) is 2.55. The van der Waals surface area contributed by atoms with Crippen LogP contribution in [-0.2, 0) is 4.79 Å². The van der Waals surface area contributed by atoms with Crippen LogP contribution in [0.25, 0.3) is 0 Å². The van der Waals surface area contributed by atoms with E-state index in [0.717, 1.165) is 31.6 Å². The first-order valence-electron chi connectivity index (χ1n) is 8.96. The molecule has 2 fully saturated rings. The first-order chi connectivity index (χ1) is 11.5. The SMILES string of the molecule is CC(=O)NCC1CN(C(=O)c2ccc(C)nc2)CC12CCCCC2. The van der Waals surface area contributed by atoms with Crippen molar-refractivity contribution in [2.75, 3.05) is 19.6 Å². The molecule has 3 rings (SSSR count). The number of aromatic nitrogens is 1. The van der Waals surface area contributed by atoms with Gasteiger partial charge in [0.2, 0.25) is 5.91 Å². The van der Waals surface area contributed by atoms with Crippen molar-refractivity contribution in [1.29, 1.82) is 0 Å². The minimum Gasteiger partial charge on any atom is -0.356 e. The number of carbonyl (C=O) groups is 2. The van der Waals surface area contributed by atoms with Gasteiger partial charge in [-0.25, -0.2) is 0 Å². The van der Waals surface area contributed by atoms with E-state index in [-0.39, 0.29) is 17.2 Å². The fourth-order valence-electron chi connectivity index (χ4n) is 4.34. The van der Waals surface area contributed by atoms with E-state index in [2.05, 4.69) is 10.3 Å². The van der Waals surface area contributed by atoms with Crippen LogP contribution in [0.1, 0.15) is 55.1 Å². The number of likely N-dealkylation sites (tertiary alicyclic amines) is 1. The van der Waals surface area contributed by atoms with Crippen molar-refractivity contribution in [2.45, 2.75) is 46.0 Å². The van der Waals surface area contributed by atoms with Crippen LogP contribution in [0.15, 0.2) is 18.3 Å². The number of aryl methyl sites for hydroxylation is 1. The Morgan fingerprint density at radius 1 is 1.29 bits per heavy atom. The number of carbonyl (C=O) groups excluding carboxylic acids is 2. The third-order valence-electron chi connectivity index (χ3n) is 5.70. The lowest BCUT2D eigenvalue weighted by Crippen LogP contribution is -2.39. The van der Waals surface area contributed by atoms with Crippen LogP contribution < -0.4 is 5.32 Å². The lowest BCUT2D eigenvalue weighted by atomic mass is 9.67. The van der Waals surface area contributed by atoms with Gasteiger partial charge in [0, 0.05) is 44.4 Å². The van der Waals surface area contributed by atoms with E-state index in [9.17, 15) is 9.59 Å². The second kappa shape index (κ2) is 6.91. The van der Waals surface area contributed by atoms with Crippen LogP contribution in [0.5, 0.6) is 0 Å². The summed E-state index contributed by atoms with van der Waals surface area (Å²) >= 11 is 0. The maximum absolute atomic E-state index is 12.9. The molecule has 2 amide bonds. The van der Waals surface area contributed by atoms with Gasteiger partial charge in [0.05, 0.1) is 5.56 Å². The van der Waals surface area contributed by atoms with Crippen molar-refractivity contribution in [3.63, 3.8) is 0 Å². The van der Waals surface area contributed by atoms with Crippen LogP contribution in [-0.4, -0.2) is 41.3 Å². The zero-order valence-electron chi connectivity index (χ0n) is 14.7. The zero-order valence-corrected chi connectivity index (χ0v) is 14.7. The van der Waals surface area contributed by atoms with Crippen molar-refractivity contribution in [3.8, 4) is 0 Å². The second-order valence-corrected chi connectivity index (χ2v) is 7.43. The van der Waals surface area contributed by atoms with Crippen molar-refractivity contribution in [3.05, 3.63) is 29.6 Å². The average Bonchev–Trinajstić information content (AvgIpc) is 2.91. The number of amides is 2. The molecule has 24 heavy (non-hydrogen) atoms. The molecule has 2 aliphatic rings. The minimum absolute atomic E-state index is 0.00784. The molecule has 1 unspecified atom stereocenters. The van der Waals surface area contributed by atoms with Gasteiger partial charge in [-0.2, -0.15) is 0 Å². The molecule has 0 bridgehead atoms.